The molecule has 1 aromatic carbocycles. The molecule has 0 saturated heterocycles. The SMILES string of the molecule is CN=C(NCc1ccc(OC(C)(C)C)cc1C(F)(F)F)NCc1ncccc1C.I. The van der Waals surface area contributed by atoms with Gasteiger partial charge in [0.25, 0.3) is 0 Å². The summed E-state index contributed by atoms with van der Waals surface area (Å²) in [4.78, 5) is 8.35. The molecule has 0 spiro atoms. The summed E-state index contributed by atoms with van der Waals surface area (Å²) in [6.07, 6.45) is -2.80. The fourth-order valence-corrected chi connectivity index (χ4v) is 2.66. The van der Waals surface area contributed by atoms with Gasteiger partial charge in [0.2, 0.25) is 0 Å². The van der Waals surface area contributed by atoms with E-state index in [2.05, 4.69) is 20.6 Å². The van der Waals surface area contributed by atoms with E-state index in [1.807, 2.05) is 19.1 Å². The Morgan fingerprint density at radius 2 is 1.77 bits per heavy atom. The maximum atomic E-state index is 13.5. The molecule has 2 N–H and O–H groups in total. The fraction of sp³-hybridized carbons (Fsp3) is 0.429. The van der Waals surface area contributed by atoms with Crippen LogP contribution in [0.15, 0.2) is 41.5 Å². The van der Waals surface area contributed by atoms with Gasteiger partial charge in [0.1, 0.15) is 11.4 Å². The largest absolute Gasteiger partial charge is 0.488 e. The van der Waals surface area contributed by atoms with Crippen molar-refractivity contribution < 1.29 is 17.9 Å². The van der Waals surface area contributed by atoms with E-state index in [-0.39, 0.29) is 41.8 Å². The molecule has 1 heterocycles. The maximum absolute atomic E-state index is 13.5. The third-order valence-corrected chi connectivity index (χ3v) is 4.02. The van der Waals surface area contributed by atoms with Crippen LogP contribution in [-0.2, 0) is 19.3 Å². The lowest BCUT2D eigenvalue weighted by atomic mass is 10.1. The molecule has 0 aliphatic carbocycles. The second-order valence-electron chi connectivity index (χ2n) is 7.58. The van der Waals surface area contributed by atoms with E-state index in [4.69, 9.17) is 4.74 Å². The van der Waals surface area contributed by atoms with Gasteiger partial charge in [-0.3, -0.25) is 9.98 Å². The van der Waals surface area contributed by atoms with Gasteiger partial charge in [0.15, 0.2) is 5.96 Å². The Kier molecular flexibility index (Phi) is 9.38. The summed E-state index contributed by atoms with van der Waals surface area (Å²) in [5.74, 6) is 0.569. The number of benzene rings is 1. The summed E-state index contributed by atoms with van der Waals surface area (Å²) in [7, 11) is 1.56. The normalized spacial score (nSPS) is 12.2. The smallest absolute Gasteiger partial charge is 0.416 e. The van der Waals surface area contributed by atoms with Crippen LogP contribution in [0, 0.1) is 6.92 Å². The van der Waals surface area contributed by atoms with Crippen LogP contribution < -0.4 is 15.4 Å². The second kappa shape index (κ2) is 10.8. The number of rotatable bonds is 5. The number of pyridine rings is 1. The molecule has 2 rings (SSSR count). The topological polar surface area (TPSA) is 58.5 Å². The lowest BCUT2D eigenvalue weighted by Crippen LogP contribution is -2.37. The van der Waals surface area contributed by atoms with Crippen LogP contribution in [0.4, 0.5) is 13.2 Å². The molecule has 1 aromatic heterocycles. The lowest BCUT2D eigenvalue weighted by Gasteiger charge is -2.23. The zero-order valence-corrected chi connectivity index (χ0v) is 20.1. The molecule has 0 saturated carbocycles. The third-order valence-electron chi connectivity index (χ3n) is 4.02. The number of alkyl halides is 3. The van der Waals surface area contributed by atoms with Gasteiger partial charge >= 0.3 is 6.18 Å². The number of ether oxygens (including phenoxy) is 1. The summed E-state index contributed by atoms with van der Waals surface area (Å²) in [6.45, 7) is 7.68. The van der Waals surface area contributed by atoms with Crippen molar-refractivity contribution in [3.63, 3.8) is 0 Å². The van der Waals surface area contributed by atoms with Crippen LogP contribution >= 0.6 is 24.0 Å². The monoisotopic (exact) mass is 536 g/mol. The molecule has 0 aliphatic heterocycles. The van der Waals surface area contributed by atoms with Crippen LogP contribution in [0.1, 0.15) is 43.2 Å². The summed E-state index contributed by atoms with van der Waals surface area (Å²) >= 11 is 0. The molecule has 2 aromatic rings. The van der Waals surface area contributed by atoms with E-state index in [0.717, 1.165) is 17.3 Å². The summed E-state index contributed by atoms with van der Waals surface area (Å²) in [6, 6.07) is 7.79. The van der Waals surface area contributed by atoms with E-state index >= 15 is 0 Å². The van der Waals surface area contributed by atoms with Crippen LogP contribution in [0.3, 0.4) is 0 Å². The number of halogens is 4. The van der Waals surface area contributed by atoms with Crippen LogP contribution in [-0.4, -0.2) is 23.6 Å². The predicted octanol–water partition coefficient (Wildman–Crippen LogP) is 5.07. The highest BCUT2D eigenvalue weighted by atomic mass is 127. The first-order valence-corrected chi connectivity index (χ1v) is 9.24. The Balaban J connectivity index is 0.00000450. The van der Waals surface area contributed by atoms with Crippen molar-refractivity contribution in [2.75, 3.05) is 7.05 Å². The maximum Gasteiger partial charge on any atom is 0.416 e. The first-order chi connectivity index (χ1) is 13.5. The van der Waals surface area contributed by atoms with Gasteiger partial charge in [-0.25, -0.2) is 0 Å². The first-order valence-electron chi connectivity index (χ1n) is 9.24. The molecule has 9 heteroatoms. The van der Waals surface area contributed by atoms with Gasteiger partial charge < -0.3 is 15.4 Å². The number of aliphatic imine (C=N–C) groups is 1. The fourth-order valence-electron chi connectivity index (χ4n) is 2.66. The molecular formula is C21H28F3IN4O. The Morgan fingerprint density at radius 3 is 2.33 bits per heavy atom. The van der Waals surface area contributed by atoms with E-state index in [0.29, 0.717) is 12.5 Å². The summed E-state index contributed by atoms with van der Waals surface area (Å²) < 4.78 is 46.2. The van der Waals surface area contributed by atoms with Gasteiger partial charge in [-0.2, -0.15) is 13.2 Å². The van der Waals surface area contributed by atoms with E-state index in [9.17, 15) is 13.2 Å². The third kappa shape index (κ3) is 8.00. The second-order valence-corrected chi connectivity index (χ2v) is 7.58. The zero-order chi connectivity index (χ0) is 21.7. The van der Waals surface area contributed by atoms with Crippen LogP contribution in [0.25, 0.3) is 0 Å². The average molecular weight is 536 g/mol. The van der Waals surface area contributed by atoms with Gasteiger partial charge in [-0.1, -0.05) is 12.1 Å². The van der Waals surface area contributed by atoms with Crippen molar-refractivity contribution in [1.29, 1.82) is 0 Å². The van der Waals surface area contributed by atoms with Crippen molar-refractivity contribution in [2.45, 2.75) is 52.6 Å². The first kappa shape index (κ1) is 26.0. The summed E-state index contributed by atoms with van der Waals surface area (Å²) in [5, 5.41) is 5.99. The molecular weight excluding hydrogens is 508 g/mol. The van der Waals surface area contributed by atoms with E-state index < -0.39 is 17.3 Å². The molecule has 0 amide bonds. The Hall–Kier alpha value is -2.04. The zero-order valence-electron chi connectivity index (χ0n) is 17.7. The van der Waals surface area contributed by atoms with Gasteiger partial charge in [0.05, 0.1) is 17.8 Å². The molecule has 0 bridgehead atoms. The van der Waals surface area contributed by atoms with Crippen LogP contribution in [0.2, 0.25) is 0 Å². The Morgan fingerprint density at radius 1 is 1.10 bits per heavy atom. The van der Waals surface area contributed by atoms with Crippen molar-refractivity contribution in [3.05, 3.63) is 58.9 Å². The Labute approximate surface area is 192 Å². The van der Waals surface area contributed by atoms with Crippen molar-refractivity contribution in [2.24, 2.45) is 4.99 Å². The van der Waals surface area contributed by atoms with Gasteiger partial charge in [-0.05, 0) is 57.0 Å². The van der Waals surface area contributed by atoms with E-state index in [1.54, 1.807) is 40.1 Å². The predicted molar refractivity (Wildman–Crippen MR) is 123 cm³/mol. The standard InChI is InChI=1S/C21H27F3N4O.HI/c1-14-7-6-10-26-18(14)13-28-19(25-5)27-12-15-8-9-16(29-20(2,3)4)11-17(15)21(22,23)24;/h6-11H,12-13H2,1-5H3,(H2,25,27,28);1H. The van der Waals surface area contributed by atoms with Crippen molar-refractivity contribution >= 4 is 29.9 Å². The molecule has 166 valence electrons. The number of hydrogen-bond donors (Lipinski definition) is 2. The molecule has 0 atom stereocenters. The number of aromatic nitrogens is 1. The summed E-state index contributed by atoms with van der Waals surface area (Å²) in [5.41, 5.74) is 0.649. The highest BCUT2D eigenvalue weighted by Crippen LogP contribution is 2.35. The highest BCUT2D eigenvalue weighted by Gasteiger charge is 2.34. The molecule has 30 heavy (non-hydrogen) atoms. The van der Waals surface area contributed by atoms with Crippen LogP contribution in [0.5, 0.6) is 5.75 Å². The van der Waals surface area contributed by atoms with Gasteiger partial charge in [0, 0.05) is 19.8 Å². The lowest BCUT2D eigenvalue weighted by molar-refractivity contribution is -0.138. The number of nitrogens with zero attached hydrogens (tertiary/aromatic N) is 2. The van der Waals surface area contributed by atoms with Crippen molar-refractivity contribution in [1.82, 2.24) is 15.6 Å². The number of aryl methyl sites for hydroxylation is 1. The minimum Gasteiger partial charge on any atom is -0.488 e. The quantitative estimate of drug-likeness (QED) is 0.319. The highest BCUT2D eigenvalue weighted by molar-refractivity contribution is 14.0. The van der Waals surface area contributed by atoms with Crippen molar-refractivity contribution in [3.8, 4) is 5.75 Å². The Bertz CT molecular complexity index is 864. The molecule has 5 nitrogen and oxygen atoms in total. The minimum absolute atomic E-state index is 0. The number of hydrogen-bond acceptors (Lipinski definition) is 3. The molecule has 0 unspecified atom stereocenters. The molecule has 0 fully saturated rings. The molecule has 0 aliphatic rings. The minimum atomic E-state index is -4.49. The molecule has 0 radical (unpaired) electrons. The van der Waals surface area contributed by atoms with Gasteiger partial charge in [-0.15, -0.1) is 24.0 Å². The number of nitrogens with one attached hydrogen (secondary N) is 2. The number of guanidine groups is 1. The van der Waals surface area contributed by atoms with E-state index in [1.165, 1.54) is 6.07 Å². The average Bonchev–Trinajstić information content (AvgIpc) is 2.62.